The van der Waals surface area contributed by atoms with Crippen LogP contribution < -0.4 is 18.9 Å². The molecule has 0 aliphatic heterocycles. The molecule has 0 aliphatic carbocycles. The summed E-state index contributed by atoms with van der Waals surface area (Å²) in [4.78, 5) is 0.280. The number of benzene rings is 2. The van der Waals surface area contributed by atoms with Crippen molar-refractivity contribution < 1.29 is 22.6 Å². The van der Waals surface area contributed by atoms with E-state index in [0.29, 0.717) is 34.8 Å². The lowest BCUT2D eigenvalue weighted by Gasteiger charge is -2.21. The molecular weight excluding hydrogens is 366 g/mol. The standard InChI is InChI=1S/C20H27NO5S/c1-7-17(15-8-9-18(25-5)19(12-15)26-6)21-27(22,23)20-13(2)10-16(24-4)11-14(20)3/h8-12,17,21H,7H2,1-6H3/t17-/m0/s1. The van der Waals surface area contributed by atoms with Crippen LogP contribution in [0, 0.1) is 13.8 Å². The molecule has 0 unspecified atom stereocenters. The molecule has 0 aromatic heterocycles. The summed E-state index contributed by atoms with van der Waals surface area (Å²) in [5.74, 6) is 1.79. The molecule has 6 nitrogen and oxygen atoms in total. The second kappa shape index (κ2) is 8.63. The maximum absolute atomic E-state index is 13.1. The van der Waals surface area contributed by atoms with Crippen molar-refractivity contribution in [2.24, 2.45) is 0 Å². The summed E-state index contributed by atoms with van der Waals surface area (Å²) in [6.07, 6.45) is 0.586. The predicted octanol–water partition coefficient (Wildman–Crippen LogP) is 3.76. The molecule has 0 heterocycles. The van der Waals surface area contributed by atoms with Crippen molar-refractivity contribution >= 4 is 10.0 Å². The minimum Gasteiger partial charge on any atom is -0.497 e. The Kier molecular flexibility index (Phi) is 6.73. The first-order valence-electron chi connectivity index (χ1n) is 8.66. The van der Waals surface area contributed by atoms with Crippen molar-refractivity contribution in [2.45, 2.75) is 38.1 Å². The fourth-order valence-electron chi connectivity index (χ4n) is 3.16. The van der Waals surface area contributed by atoms with E-state index in [2.05, 4.69) is 4.72 Å². The van der Waals surface area contributed by atoms with Gasteiger partial charge in [-0.15, -0.1) is 0 Å². The molecule has 0 radical (unpaired) electrons. The fraction of sp³-hybridized carbons (Fsp3) is 0.400. The first-order chi connectivity index (χ1) is 12.8. The van der Waals surface area contributed by atoms with Gasteiger partial charge in [0.15, 0.2) is 11.5 Å². The molecule has 2 rings (SSSR count). The summed E-state index contributed by atoms with van der Waals surface area (Å²) in [6, 6.07) is 8.46. The SMILES string of the molecule is CC[C@H](NS(=O)(=O)c1c(C)cc(OC)cc1C)c1ccc(OC)c(OC)c1. The van der Waals surface area contributed by atoms with Crippen LogP contribution in [-0.4, -0.2) is 29.7 Å². The molecule has 1 atom stereocenters. The quantitative estimate of drug-likeness (QED) is 0.739. The summed E-state index contributed by atoms with van der Waals surface area (Å²) >= 11 is 0. The molecule has 148 valence electrons. The van der Waals surface area contributed by atoms with Crippen molar-refractivity contribution in [1.82, 2.24) is 4.72 Å². The predicted molar refractivity (Wildman–Crippen MR) is 105 cm³/mol. The van der Waals surface area contributed by atoms with Crippen LogP contribution in [0.3, 0.4) is 0 Å². The topological polar surface area (TPSA) is 73.9 Å². The van der Waals surface area contributed by atoms with E-state index in [0.717, 1.165) is 5.56 Å². The van der Waals surface area contributed by atoms with Gasteiger partial charge in [0.05, 0.1) is 26.2 Å². The second-order valence-corrected chi connectivity index (χ2v) is 7.94. The average molecular weight is 394 g/mol. The fourth-order valence-corrected chi connectivity index (χ4v) is 4.92. The van der Waals surface area contributed by atoms with Crippen molar-refractivity contribution in [3.05, 3.63) is 47.0 Å². The highest BCUT2D eigenvalue weighted by atomic mass is 32.2. The van der Waals surface area contributed by atoms with Gasteiger partial charge in [0.2, 0.25) is 10.0 Å². The second-order valence-electron chi connectivity index (χ2n) is 6.29. The molecule has 0 saturated heterocycles. The first kappa shape index (κ1) is 21.1. The lowest BCUT2D eigenvalue weighted by Crippen LogP contribution is -2.29. The number of hydrogen-bond acceptors (Lipinski definition) is 5. The van der Waals surface area contributed by atoms with Crippen LogP contribution in [0.25, 0.3) is 0 Å². The molecule has 0 aliphatic rings. The molecule has 0 saturated carbocycles. The van der Waals surface area contributed by atoms with Gasteiger partial charge in [-0.1, -0.05) is 13.0 Å². The zero-order valence-corrected chi connectivity index (χ0v) is 17.4. The van der Waals surface area contributed by atoms with Crippen LogP contribution >= 0.6 is 0 Å². The Bertz CT molecular complexity index is 886. The maximum atomic E-state index is 13.1. The van der Waals surface area contributed by atoms with Gasteiger partial charge in [-0.2, -0.15) is 0 Å². The third-order valence-electron chi connectivity index (χ3n) is 4.45. The molecule has 0 fully saturated rings. The molecular formula is C20H27NO5S. The van der Waals surface area contributed by atoms with E-state index >= 15 is 0 Å². The third-order valence-corrected chi connectivity index (χ3v) is 6.23. The minimum absolute atomic E-state index is 0.280. The van der Waals surface area contributed by atoms with Crippen LogP contribution in [0.2, 0.25) is 0 Å². The number of ether oxygens (including phenoxy) is 3. The summed E-state index contributed by atoms with van der Waals surface area (Å²) in [5, 5.41) is 0. The van der Waals surface area contributed by atoms with E-state index in [4.69, 9.17) is 14.2 Å². The van der Waals surface area contributed by atoms with Gasteiger partial charge in [-0.05, 0) is 61.2 Å². The zero-order chi connectivity index (χ0) is 20.2. The van der Waals surface area contributed by atoms with Gasteiger partial charge in [0.1, 0.15) is 5.75 Å². The van der Waals surface area contributed by atoms with Gasteiger partial charge in [0, 0.05) is 6.04 Å². The van der Waals surface area contributed by atoms with Crippen LogP contribution in [-0.2, 0) is 10.0 Å². The number of sulfonamides is 1. The highest BCUT2D eigenvalue weighted by Gasteiger charge is 2.25. The van der Waals surface area contributed by atoms with Crippen LogP contribution in [0.1, 0.15) is 36.1 Å². The highest BCUT2D eigenvalue weighted by molar-refractivity contribution is 7.89. The van der Waals surface area contributed by atoms with Gasteiger partial charge < -0.3 is 14.2 Å². The molecule has 2 aromatic rings. The minimum atomic E-state index is -3.72. The number of rotatable bonds is 8. The third kappa shape index (κ3) is 4.54. The molecule has 7 heteroatoms. The van der Waals surface area contributed by atoms with Crippen LogP contribution in [0.15, 0.2) is 35.2 Å². The van der Waals surface area contributed by atoms with Crippen molar-refractivity contribution in [3.63, 3.8) is 0 Å². The maximum Gasteiger partial charge on any atom is 0.241 e. The molecule has 0 bridgehead atoms. The summed E-state index contributed by atoms with van der Waals surface area (Å²) in [7, 11) is 0.956. The van der Waals surface area contributed by atoms with Gasteiger partial charge in [0.25, 0.3) is 0 Å². The lowest BCUT2D eigenvalue weighted by atomic mass is 10.1. The van der Waals surface area contributed by atoms with E-state index in [1.807, 2.05) is 13.0 Å². The number of aryl methyl sites for hydroxylation is 2. The number of hydrogen-bond donors (Lipinski definition) is 1. The highest BCUT2D eigenvalue weighted by Crippen LogP contribution is 2.32. The average Bonchev–Trinajstić information content (AvgIpc) is 2.64. The number of methoxy groups -OCH3 is 3. The Labute approximate surface area is 161 Å². The molecule has 27 heavy (non-hydrogen) atoms. The summed E-state index contributed by atoms with van der Waals surface area (Å²) in [5.41, 5.74) is 2.09. The smallest absolute Gasteiger partial charge is 0.241 e. The Morgan fingerprint density at radius 2 is 1.52 bits per heavy atom. The first-order valence-corrected chi connectivity index (χ1v) is 10.1. The number of nitrogens with one attached hydrogen (secondary N) is 1. The lowest BCUT2D eigenvalue weighted by molar-refractivity contribution is 0.354. The van der Waals surface area contributed by atoms with E-state index in [1.165, 1.54) is 0 Å². The summed E-state index contributed by atoms with van der Waals surface area (Å²) in [6.45, 7) is 5.46. The van der Waals surface area contributed by atoms with Crippen molar-refractivity contribution in [3.8, 4) is 17.2 Å². The van der Waals surface area contributed by atoms with E-state index in [1.54, 1.807) is 59.4 Å². The zero-order valence-electron chi connectivity index (χ0n) is 16.6. The van der Waals surface area contributed by atoms with E-state index in [9.17, 15) is 8.42 Å². The monoisotopic (exact) mass is 393 g/mol. The van der Waals surface area contributed by atoms with Crippen LogP contribution in [0.5, 0.6) is 17.2 Å². The Hall–Kier alpha value is -2.25. The normalized spacial score (nSPS) is 12.5. The molecule has 0 amide bonds. The van der Waals surface area contributed by atoms with Gasteiger partial charge in [-0.3, -0.25) is 0 Å². The molecule has 2 aromatic carbocycles. The van der Waals surface area contributed by atoms with Gasteiger partial charge >= 0.3 is 0 Å². The van der Waals surface area contributed by atoms with Crippen LogP contribution in [0.4, 0.5) is 0 Å². The summed E-state index contributed by atoms with van der Waals surface area (Å²) < 4.78 is 44.8. The van der Waals surface area contributed by atoms with E-state index < -0.39 is 16.1 Å². The van der Waals surface area contributed by atoms with E-state index in [-0.39, 0.29) is 4.90 Å². The Balaban J connectivity index is 2.41. The van der Waals surface area contributed by atoms with Crippen molar-refractivity contribution in [1.29, 1.82) is 0 Å². The van der Waals surface area contributed by atoms with Crippen molar-refractivity contribution in [2.75, 3.05) is 21.3 Å². The molecule has 0 spiro atoms. The Morgan fingerprint density at radius 3 is 2.00 bits per heavy atom. The largest absolute Gasteiger partial charge is 0.497 e. The van der Waals surface area contributed by atoms with Gasteiger partial charge in [-0.25, -0.2) is 13.1 Å². The molecule has 1 N–H and O–H groups in total. The Morgan fingerprint density at radius 1 is 0.926 bits per heavy atom.